The molecule has 1 N–H and O–H groups in total. The Morgan fingerprint density at radius 3 is 2.11 bits per heavy atom. The Bertz CT molecular complexity index is 59.6. The summed E-state index contributed by atoms with van der Waals surface area (Å²) in [6.45, 7) is 8.02. The lowest BCUT2D eigenvalue weighted by molar-refractivity contribution is 0.388. The number of rotatable bonds is 4. The van der Waals surface area contributed by atoms with E-state index in [1.807, 2.05) is 7.05 Å². The Hall–Kier alpha value is -0.0400. The molecule has 0 saturated carbocycles. The normalized spacial score (nSPS) is 14.3. The molecule has 0 heterocycles. The molecule has 1 atom stereocenters. The smallest absolute Gasteiger partial charge is 0.00493 e. The summed E-state index contributed by atoms with van der Waals surface area (Å²) in [5.41, 5.74) is 0. The predicted octanol–water partition coefficient (Wildman–Crippen LogP) is 1.89. The summed E-state index contributed by atoms with van der Waals surface area (Å²) in [6, 6.07) is 0. The average Bonchev–Trinajstić information content (AvgIpc) is 1.82. The van der Waals surface area contributed by atoms with Gasteiger partial charge in [-0.3, -0.25) is 0 Å². The van der Waals surface area contributed by atoms with E-state index in [2.05, 4.69) is 26.1 Å². The zero-order chi connectivity index (χ0) is 7.28. The molecule has 0 aliphatic carbocycles. The molecule has 0 aromatic heterocycles. The first-order valence-corrected chi connectivity index (χ1v) is 3.83. The molecule has 0 radical (unpaired) electrons. The van der Waals surface area contributed by atoms with E-state index in [1.165, 1.54) is 6.42 Å². The van der Waals surface area contributed by atoms with Crippen LogP contribution in [0.15, 0.2) is 0 Å². The van der Waals surface area contributed by atoms with Gasteiger partial charge in [0.05, 0.1) is 0 Å². The molecule has 9 heavy (non-hydrogen) atoms. The van der Waals surface area contributed by atoms with Crippen molar-refractivity contribution >= 4 is 0 Å². The van der Waals surface area contributed by atoms with Gasteiger partial charge in [-0.25, -0.2) is 0 Å². The zero-order valence-corrected chi connectivity index (χ0v) is 7.07. The summed E-state index contributed by atoms with van der Waals surface area (Å²) in [5.74, 6) is 1.69. The Balaban J connectivity index is 3.16. The van der Waals surface area contributed by atoms with Gasteiger partial charge in [0.2, 0.25) is 0 Å². The first-order chi connectivity index (χ1) is 4.18. The number of nitrogens with one attached hydrogen (secondary N) is 1. The molecule has 0 unspecified atom stereocenters. The summed E-state index contributed by atoms with van der Waals surface area (Å²) >= 11 is 0. The Morgan fingerprint density at radius 1 is 1.22 bits per heavy atom. The minimum atomic E-state index is 0.832. The van der Waals surface area contributed by atoms with Crippen molar-refractivity contribution < 1.29 is 0 Å². The molecule has 0 fully saturated rings. The van der Waals surface area contributed by atoms with Gasteiger partial charge < -0.3 is 5.32 Å². The van der Waals surface area contributed by atoms with Crippen LogP contribution in [-0.4, -0.2) is 13.6 Å². The van der Waals surface area contributed by atoms with E-state index in [4.69, 9.17) is 0 Å². The first-order valence-electron chi connectivity index (χ1n) is 3.83. The number of hydrogen-bond donors (Lipinski definition) is 1. The average molecular weight is 129 g/mol. The lowest BCUT2D eigenvalue weighted by Gasteiger charge is -2.14. The highest BCUT2D eigenvalue weighted by Crippen LogP contribution is 2.12. The molecule has 0 bridgehead atoms. The van der Waals surface area contributed by atoms with Crippen LogP contribution < -0.4 is 5.32 Å². The van der Waals surface area contributed by atoms with Crippen LogP contribution in [0.3, 0.4) is 0 Å². The molecule has 0 saturated heterocycles. The van der Waals surface area contributed by atoms with Gasteiger partial charge in [-0.15, -0.1) is 0 Å². The van der Waals surface area contributed by atoms with Crippen molar-refractivity contribution in [1.29, 1.82) is 0 Å². The molecular formula is C8H19N. The lowest BCUT2D eigenvalue weighted by atomic mass is 9.95. The summed E-state index contributed by atoms with van der Waals surface area (Å²) in [6.07, 6.45) is 1.30. The molecule has 0 spiro atoms. The van der Waals surface area contributed by atoms with Crippen LogP contribution in [0.2, 0.25) is 0 Å². The van der Waals surface area contributed by atoms with Crippen LogP contribution in [-0.2, 0) is 0 Å². The second-order valence-corrected chi connectivity index (χ2v) is 3.11. The lowest BCUT2D eigenvalue weighted by Crippen LogP contribution is -2.14. The first kappa shape index (κ1) is 8.96. The minimum absolute atomic E-state index is 0.832. The molecule has 0 aromatic rings. The standard InChI is InChI=1S/C8H19N/c1-7(2)8(3)5-6-9-4/h7-9H,5-6H2,1-4H3/t8-/m1/s1. The van der Waals surface area contributed by atoms with Crippen molar-refractivity contribution in [1.82, 2.24) is 5.32 Å². The topological polar surface area (TPSA) is 12.0 Å². The van der Waals surface area contributed by atoms with Crippen molar-refractivity contribution in [2.24, 2.45) is 11.8 Å². The highest BCUT2D eigenvalue weighted by atomic mass is 14.8. The summed E-state index contributed by atoms with van der Waals surface area (Å²) < 4.78 is 0. The fourth-order valence-electron chi connectivity index (χ4n) is 0.705. The van der Waals surface area contributed by atoms with E-state index in [-0.39, 0.29) is 0 Å². The molecule has 0 aliphatic rings. The van der Waals surface area contributed by atoms with Gasteiger partial charge in [-0.1, -0.05) is 20.8 Å². The van der Waals surface area contributed by atoms with Crippen molar-refractivity contribution in [3.63, 3.8) is 0 Å². The van der Waals surface area contributed by atoms with Crippen molar-refractivity contribution in [2.45, 2.75) is 27.2 Å². The van der Waals surface area contributed by atoms with Gasteiger partial charge in [0.25, 0.3) is 0 Å². The molecule has 56 valence electrons. The quantitative estimate of drug-likeness (QED) is 0.611. The van der Waals surface area contributed by atoms with E-state index in [9.17, 15) is 0 Å². The monoisotopic (exact) mass is 129 g/mol. The molecule has 1 heteroatoms. The molecular weight excluding hydrogens is 110 g/mol. The maximum atomic E-state index is 3.15. The predicted molar refractivity (Wildman–Crippen MR) is 42.5 cm³/mol. The van der Waals surface area contributed by atoms with Crippen LogP contribution in [0.25, 0.3) is 0 Å². The highest BCUT2D eigenvalue weighted by Gasteiger charge is 2.04. The third-order valence-corrected chi connectivity index (χ3v) is 1.99. The van der Waals surface area contributed by atoms with Crippen LogP contribution in [0.4, 0.5) is 0 Å². The largest absolute Gasteiger partial charge is 0.320 e. The van der Waals surface area contributed by atoms with Crippen molar-refractivity contribution in [3.05, 3.63) is 0 Å². The van der Waals surface area contributed by atoms with Gasteiger partial charge in [0.1, 0.15) is 0 Å². The van der Waals surface area contributed by atoms with Crippen LogP contribution in [0, 0.1) is 11.8 Å². The van der Waals surface area contributed by atoms with Gasteiger partial charge >= 0.3 is 0 Å². The van der Waals surface area contributed by atoms with E-state index in [1.54, 1.807) is 0 Å². The Kier molecular flexibility index (Phi) is 4.78. The van der Waals surface area contributed by atoms with Gasteiger partial charge in [-0.2, -0.15) is 0 Å². The molecule has 1 nitrogen and oxygen atoms in total. The highest BCUT2D eigenvalue weighted by molar-refractivity contribution is 4.57. The third kappa shape index (κ3) is 4.46. The summed E-state index contributed by atoms with van der Waals surface area (Å²) in [4.78, 5) is 0. The summed E-state index contributed by atoms with van der Waals surface area (Å²) in [5, 5.41) is 3.15. The molecule has 0 aliphatic heterocycles. The number of hydrogen-bond acceptors (Lipinski definition) is 1. The van der Waals surface area contributed by atoms with Crippen molar-refractivity contribution in [3.8, 4) is 0 Å². The van der Waals surface area contributed by atoms with Gasteiger partial charge in [-0.05, 0) is 31.8 Å². The van der Waals surface area contributed by atoms with E-state index in [0.29, 0.717) is 0 Å². The maximum Gasteiger partial charge on any atom is -0.00493 e. The van der Waals surface area contributed by atoms with Crippen LogP contribution >= 0.6 is 0 Å². The zero-order valence-electron chi connectivity index (χ0n) is 7.07. The molecule has 0 amide bonds. The molecule has 0 aromatic carbocycles. The van der Waals surface area contributed by atoms with E-state index in [0.717, 1.165) is 18.4 Å². The maximum absolute atomic E-state index is 3.15. The Morgan fingerprint density at radius 2 is 1.78 bits per heavy atom. The van der Waals surface area contributed by atoms with E-state index >= 15 is 0 Å². The second kappa shape index (κ2) is 4.80. The second-order valence-electron chi connectivity index (χ2n) is 3.11. The van der Waals surface area contributed by atoms with Crippen molar-refractivity contribution in [2.75, 3.05) is 13.6 Å². The third-order valence-electron chi connectivity index (χ3n) is 1.99. The Labute approximate surface area is 58.8 Å². The van der Waals surface area contributed by atoms with Gasteiger partial charge in [0.15, 0.2) is 0 Å². The SMILES string of the molecule is CNCC[C@@H](C)C(C)C. The minimum Gasteiger partial charge on any atom is -0.320 e. The van der Waals surface area contributed by atoms with Crippen LogP contribution in [0.5, 0.6) is 0 Å². The molecule has 0 rings (SSSR count). The fraction of sp³-hybridized carbons (Fsp3) is 1.00. The summed E-state index contributed by atoms with van der Waals surface area (Å²) in [7, 11) is 2.01. The van der Waals surface area contributed by atoms with Crippen LogP contribution in [0.1, 0.15) is 27.2 Å². The van der Waals surface area contributed by atoms with Gasteiger partial charge in [0, 0.05) is 0 Å². The van der Waals surface area contributed by atoms with E-state index < -0.39 is 0 Å². The fourth-order valence-corrected chi connectivity index (χ4v) is 0.705.